The van der Waals surface area contributed by atoms with Gasteiger partial charge < -0.3 is 4.42 Å². The highest BCUT2D eigenvalue weighted by molar-refractivity contribution is 5.93. The Kier molecular flexibility index (Phi) is 9.94. The van der Waals surface area contributed by atoms with Crippen LogP contribution >= 0.6 is 0 Å². The maximum absolute atomic E-state index is 11.8. The number of rotatable bonds is 13. The third kappa shape index (κ3) is 8.75. The van der Waals surface area contributed by atoms with E-state index in [1.165, 1.54) is 64.2 Å². The van der Waals surface area contributed by atoms with Gasteiger partial charge >= 0.3 is 0 Å². The van der Waals surface area contributed by atoms with Crippen molar-refractivity contribution in [1.82, 2.24) is 0 Å². The summed E-state index contributed by atoms with van der Waals surface area (Å²) in [5, 5.41) is 0. The van der Waals surface area contributed by atoms with Crippen molar-refractivity contribution < 1.29 is 9.21 Å². The van der Waals surface area contributed by atoms with Crippen molar-refractivity contribution in [3.05, 3.63) is 23.7 Å². The summed E-state index contributed by atoms with van der Waals surface area (Å²) in [4.78, 5) is 11.8. The van der Waals surface area contributed by atoms with Gasteiger partial charge in [-0.3, -0.25) is 4.79 Å². The minimum Gasteiger partial charge on any atom is -0.458 e. The number of aryl methyl sites for hydroxylation is 1. The topological polar surface area (TPSA) is 30.2 Å². The number of hydrogen-bond acceptors (Lipinski definition) is 2. The molecule has 0 fully saturated rings. The molecule has 0 bridgehead atoms. The highest BCUT2D eigenvalue weighted by Crippen LogP contribution is 2.14. The van der Waals surface area contributed by atoms with Crippen LogP contribution in [0.3, 0.4) is 0 Å². The molecule has 1 aromatic heterocycles. The summed E-state index contributed by atoms with van der Waals surface area (Å²) >= 11 is 0. The van der Waals surface area contributed by atoms with Gasteiger partial charge in [-0.1, -0.05) is 71.1 Å². The van der Waals surface area contributed by atoms with Crippen LogP contribution in [-0.2, 0) is 0 Å². The molecule has 0 aliphatic carbocycles. The molecule has 2 nitrogen and oxygen atoms in total. The molecule has 0 spiro atoms. The molecule has 21 heavy (non-hydrogen) atoms. The Labute approximate surface area is 130 Å². The maximum atomic E-state index is 11.8. The lowest BCUT2D eigenvalue weighted by Gasteiger charge is -2.02. The first-order chi connectivity index (χ1) is 10.2. The van der Waals surface area contributed by atoms with Crippen molar-refractivity contribution in [2.45, 2.75) is 90.9 Å². The van der Waals surface area contributed by atoms with Crippen LogP contribution in [0.1, 0.15) is 100 Å². The molecule has 0 amide bonds. The molecule has 0 aliphatic rings. The Morgan fingerprint density at radius 2 is 1.38 bits per heavy atom. The molecule has 120 valence electrons. The molecule has 0 atom stereocenters. The van der Waals surface area contributed by atoms with E-state index in [-0.39, 0.29) is 5.78 Å². The lowest BCUT2D eigenvalue weighted by Crippen LogP contribution is -1.96. The second kappa shape index (κ2) is 11.6. The predicted octanol–water partition coefficient (Wildman–Crippen LogP) is 6.47. The first-order valence-corrected chi connectivity index (χ1v) is 8.83. The lowest BCUT2D eigenvalue weighted by atomic mass is 10.0. The van der Waals surface area contributed by atoms with Crippen molar-refractivity contribution in [3.63, 3.8) is 0 Å². The fraction of sp³-hybridized carbons (Fsp3) is 0.737. The minimum absolute atomic E-state index is 0.152. The van der Waals surface area contributed by atoms with Gasteiger partial charge in [0.05, 0.1) is 0 Å². The van der Waals surface area contributed by atoms with Crippen molar-refractivity contribution >= 4 is 5.78 Å². The van der Waals surface area contributed by atoms with Crippen LogP contribution in [0.15, 0.2) is 16.5 Å². The largest absolute Gasteiger partial charge is 0.458 e. The molecule has 1 heterocycles. The van der Waals surface area contributed by atoms with Crippen molar-refractivity contribution in [3.8, 4) is 0 Å². The second-order valence-corrected chi connectivity index (χ2v) is 6.12. The zero-order chi connectivity index (χ0) is 15.3. The molecular weight excluding hydrogens is 260 g/mol. The number of unbranched alkanes of at least 4 members (excludes halogenated alkanes) is 10. The Hall–Kier alpha value is -1.05. The van der Waals surface area contributed by atoms with Crippen molar-refractivity contribution in [2.75, 3.05) is 0 Å². The summed E-state index contributed by atoms with van der Waals surface area (Å²) in [5.41, 5.74) is 0. The third-order valence-corrected chi connectivity index (χ3v) is 4.02. The number of hydrogen-bond donors (Lipinski definition) is 0. The van der Waals surface area contributed by atoms with Crippen LogP contribution < -0.4 is 0 Å². The summed E-state index contributed by atoms with van der Waals surface area (Å²) in [6.45, 7) is 4.14. The molecule has 0 N–H and O–H groups in total. The molecule has 0 saturated carbocycles. The van der Waals surface area contributed by atoms with E-state index in [0.29, 0.717) is 12.2 Å². The van der Waals surface area contributed by atoms with Crippen LogP contribution in [-0.4, -0.2) is 5.78 Å². The van der Waals surface area contributed by atoms with Crippen LogP contribution in [0.4, 0.5) is 0 Å². The Morgan fingerprint density at radius 1 is 0.857 bits per heavy atom. The molecule has 2 heteroatoms. The van der Waals surface area contributed by atoms with Crippen LogP contribution in [0.5, 0.6) is 0 Å². The molecule has 0 unspecified atom stereocenters. The number of ketones is 1. The Morgan fingerprint density at radius 3 is 1.86 bits per heavy atom. The van der Waals surface area contributed by atoms with E-state index in [9.17, 15) is 4.79 Å². The average Bonchev–Trinajstić information content (AvgIpc) is 2.91. The smallest absolute Gasteiger partial charge is 0.197 e. The van der Waals surface area contributed by atoms with E-state index in [2.05, 4.69) is 6.92 Å². The summed E-state index contributed by atoms with van der Waals surface area (Å²) in [5.74, 6) is 1.50. The first-order valence-electron chi connectivity index (χ1n) is 8.83. The van der Waals surface area contributed by atoms with E-state index in [1.807, 2.05) is 13.0 Å². The standard InChI is InChI=1S/C19H32O2/c1-3-4-5-6-7-8-9-10-11-12-13-14-18(20)19-16-15-17(2)21-19/h15-16H,3-14H2,1-2H3. The molecule has 0 radical (unpaired) electrons. The number of carbonyl (C=O) groups excluding carboxylic acids is 1. The van der Waals surface area contributed by atoms with Crippen molar-refractivity contribution in [1.29, 1.82) is 0 Å². The third-order valence-electron chi connectivity index (χ3n) is 4.02. The van der Waals surface area contributed by atoms with E-state index < -0.39 is 0 Å². The molecule has 0 aromatic carbocycles. The summed E-state index contributed by atoms with van der Waals surface area (Å²) in [6.07, 6.45) is 15.1. The fourth-order valence-corrected chi connectivity index (χ4v) is 2.66. The van der Waals surface area contributed by atoms with E-state index in [4.69, 9.17) is 4.42 Å². The minimum atomic E-state index is 0.152. The van der Waals surface area contributed by atoms with Gasteiger partial charge in [-0.15, -0.1) is 0 Å². The van der Waals surface area contributed by atoms with Gasteiger partial charge in [0.2, 0.25) is 0 Å². The number of Topliss-reactive ketones (excluding diaryl/α,β-unsaturated/α-hetero) is 1. The van der Waals surface area contributed by atoms with Gasteiger partial charge in [0.15, 0.2) is 11.5 Å². The average molecular weight is 292 g/mol. The predicted molar refractivity (Wildman–Crippen MR) is 88.9 cm³/mol. The first kappa shape index (κ1) is 18.0. The zero-order valence-electron chi connectivity index (χ0n) is 14.0. The lowest BCUT2D eigenvalue weighted by molar-refractivity contribution is 0.0951. The normalized spacial score (nSPS) is 11.0. The maximum Gasteiger partial charge on any atom is 0.197 e. The fourth-order valence-electron chi connectivity index (χ4n) is 2.66. The Bertz CT molecular complexity index is 379. The van der Waals surface area contributed by atoms with E-state index in [0.717, 1.165) is 12.2 Å². The zero-order valence-corrected chi connectivity index (χ0v) is 14.0. The van der Waals surface area contributed by atoms with Gasteiger partial charge in [-0.05, 0) is 25.5 Å². The molecule has 0 aliphatic heterocycles. The highest BCUT2D eigenvalue weighted by Gasteiger charge is 2.09. The molecule has 1 aromatic rings. The van der Waals surface area contributed by atoms with E-state index in [1.54, 1.807) is 6.07 Å². The van der Waals surface area contributed by atoms with Crippen LogP contribution in [0.25, 0.3) is 0 Å². The van der Waals surface area contributed by atoms with Gasteiger partial charge in [0.25, 0.3) is 0 Å². The van der Waals surface area contributed by atoms with Gasteiger partial charge in [-0.2, -0.15) is 0 Å². The van der Waals surface area contributed by atoms with Crippen LogP contribution in [0.2, 0.25) is 0 Å². The van der Waals surface area contributed by atoms with Gasteiger partial charge in [0.1, 0.15) is 5.76 Å². The van der Waals surface area contributed by atoms with E-state index >= 15 is 0 Å². The summed E-state index contributed by atoms with van der Waals surface area (Å²) < 4.78 is 5.35. The second-order valence-electron chi connectivity index (χ2n) is 6.12. The molecule has 1 rings (SSSR count). The molecule has 0 saturated heterocycles. The Balaban J connectivity index is 1.87. The SMILES string of the molecule is CCCCCCCCCCCCCC(=O)c1ccc(C)o1. The van der Waals surface area contributed by atoms with Crippen LogP contribution in [0, 0.1) is 6.92 Å². The number of carbonyl (C=O) groups is 1. The quantitative estimate of drug-likeness (QED) is 0.308. The molecular formula is C19H32O2. The highest BCUT2D eigenvalue weighted by atomic mass is 16.3. The van der Waals surface area contributed by atoms with Crippen molar-refractivity contribution in [2.24, 2.45) is 0 Å². The summed E-state index contributed by atoms with van der Waals surface area (Å²) in [7, 11) is 0. The number of furan rings is 1. The van der Waals surface area contributed by atoms with Gasteiger partial charge in [-0.25, -0.2) is 0 Å². The monoisotopic (exact) mass is 292 g/mol. The summed E-state index contributed by atoms with van der Waals surface area (Å²) in [6, 6.07) is 3.64. The van der Waals surface area contributed by atoms with Gasteiger partial charge in [0, 0.05) is 6.42 Å².